The Balaban J connectivity index is 1.45. The second-order valence-corrected chi connectivity index (χ2v) is 7.34. The lowest BCUT2D eigenvalue weighted by atomic mass is 10.1. The van der Waals surface area contributed by atoms with Gasteiger partial charge in [-0.25, -0.2) is 4.98 Å². The first-order valence-electron chi connectivity index (χ1n) is 8.60. The third kappa shape index (κ3) is 4.39. The number of nitrogens with one attached hydrogen (secondary N) is 3. The van der Waals surface area contributed by atoms with Crippen molar-refractivity contribution in [2.75, 3.05) is 13.6 Å². The third-order valence-corrected chi connectivity index (χ3v) is 5.30. The molecule has 0 unspecified atom stereocenters. The number of aryl methyl sites for hydroxylation is 3. The Bertz CT molecular complexity index is 862. The molecule has 0 fully saturated rings. The lowest BCUT2D eigenvalue weighted by Crippen LogP contribution is -2.37. The Hall–Kier alpha value is -2.34. The van der Waals surface area contributed by atoms with Crippen molar-refractivity contribution in [1.82, 2.24) is 20.6 Å². The Morgan fingerprint density at radius 2 is 2.08 bits per heavy atom. The van der Waals surface area contributed by atoms with Gasteiger partial charge in [-0.15, -0.1) is 11.3 Å². The highest BCUT2D eigenvalue weighted by atomic mass is 32.1. The maximum absolute atomic E-state index is 4.46. The largest absolute Gasteiger partial charge is 0.361 e. The van der Waals surface area contributed by atoms with Crippen LogP contribution in [0.2, 0.25) is 0 Å². The number of aromatic nitrogens is 2. The Kier molecular flexibility index (Phi) is 5.71. The van der Waals surface area contributed by atoms with Crippen molar-refractivity contribution < 1.29 is 0 Å². The molecule has 0 aliphatic heterocycles. The molecule has 3 N–H and O–H groups in total. The number of hydrogen-bond donors (Lipinski definition) is 3. The van der Waals surface area contributed by atoms with Gasteiger partial charge in [0.25, 0.3) is 0 Å². The predicted octanol–water partition coefficient (Wildman–Crippen LogP) is 3.54. The number of fused-ring (bicyclic) bond motifs is 1. The minimum atomic E-state index is 0.763. The number of benzene rings is 1. The van der Waals surface area contributed by atoms with E-state index in [-0.39, 0.29) is 0 Å². The SMILES string of the molecule is CN=C(NCCCc1c[nH]c2ccccc12)NCc1sc(C)nc1C. The van der Waals surface area contributed by atoms with Crippen molar-refractivity contribution in [3.8, 4) is 0 Å². The summed E-state index contributed by atoms with van der Waals surface area (Å²) < 4.78 is 0. The first-order chi connectivity index (χ1) is 12.2. The van der Waals surface area contributed by atoms with Crippen molar-refractivity contribution in [1.29, 1.82) is 0 Å². The molecule has 0 amide bonds. The van der Waals surface area contributed by atoms with Crippen LogP contribution in [0.4, 0.5) is 0 Å². The normalized spacial score (nSPS) is 11.9. The number of H-pyrrole nitrogens is 1. The summed E-state index contributed by atoms with van der Waals surface area (Å²) in [6.07, 6.45) is 4.22. The Morgan fingerprint density at radius 3 is 2.84 bits per heavy atom. The minimum Gasteiger partial charge on any atom is -0.361 e. The van der Waals surface area contributed by atoms with Gasteiger partial charge in [0.05, 0.1) is 17.2 Å². The van der Waals surface area contributed by atoms with Crippen LogP contribution in [-0.4, -0.2) is 29.5 Å². The Labute approximate surface area is 152 Å². The molecule has 0 bridgehead atoms. The molecule has 0 saturated heterocycles. The van der Waals surface area contributed by atoms with Gasteiger partial charge in [-0.2, -0.15) is 0 Å². The summed E-state index contributed by atoms with van der Waals surface area (Å²) in [5.74, 6) is 0.837. The van der Waals surface area contributed by atoms with Crippen LogP contribution < -0.4 is 10.6 Å². The summed E-state index contributed by atoms with van der Waals surface area (Å²) in [6, 6.07) is 8.44. The average molecular weight is 356 g/mol. The molecular weight excluding hydrogens is 330 g/mol. The third-order valence-electron chi connectivity index (χ3n) is 4.23. The summed E-state index contributed by atoms with van der Waals surface area (Å²) in [6.45, 7) is 5.75. The van der Waals surface area contributed by atoms with E-state index in [1.54, 1.807) is 18.4 Å². The second kappa shape index (κ2) is 8.16. The predicted molar refractivity (Wildman–Crippen MR) is 106 cm³/mol. The van der Waals surface area contributed by atoms with E-state index < -0.39 is 0 Å². The number of thiazole rings is 1. The van der Waals surface area contributed by atoms with Crippen LogP contribution in [0, 0.1) is 13.8 Å². The highest BCUT2D eigenvalue weighted by Gasteiger charge is 2.06. The number of rotatable bonds is 6. The molecule has 0 aliphatic carbocycles. The molecule has 2 aromatic heterocycles. The van der Waals surface area contributed by atoms with Gasteiger partial charge in [0.15, 0.2) is 5.96 Å². The van der Waals surface area contributed by atoms with Gasteiger partial charge in [0.2, 0.25) is 0 Å². The molecule has 0 atom stereocenters. The molecule has 3 rings (SSSR count). The maximum Gasteiger partial charge on any atom is 0.191 e. The fraction of sp³-hybridized carbons (Fsp3) is 0.368. The van der Waals surface area contributed by atoms with E-state index in [0.717, 1.165) is 42.6 Å². The summed E-state index contributed by atoms with van der Waals surface area (Å²) in [4.78, 5) is 13.4. The van der Waals surface area contributed by atoms with E-state index in [4.69, 9.17) is 0 Å². The van der Waals surface area contributed by atoms with E-state index in [2.05, 4.69) is 63.0 Å². The fourth-order valence-corrected chi connectivity index (χ4v) is 3.82. The van der Waals surface area contributed by atoms with Crippen LogP contribution in [0.3, 0.4) is 0 Å². The molecule has 6 heteroatoms. The zero-order chi connectivity index (χ0) is 17.6. The lowest BCUT2D eigenvalue weighted by Gasteiger charge is -2.11. The molecule has 132 valence electrons. The van der Waals surface area contributed by atoms with E-state index in [9.17, 15) is 0 Å². The maximum atomic E-state index is 4.46. The molecule has 0 aliphatic rings. The number of para-hydroxylation sites is 1. The van der Waals surface area contributed by atoms with Crippen molar-refractivity contribution in [2.24, 2.45) is 4.99 Å². The van der Waals surface area contributed by atoms with Crippen LogP contribution in [0.25, 0.3) is 10.9 Å². The number of guanidine groups is 1. The van der Waals surface area contributed by atoms with Gasteiger partial charge in [-0.3, -0.25) is 4.99 Å². The second-order valence-electron chi connectivity index (χ2n) is 6.06. The van der Waals surface area contributed by atoms with E-state index >= 15 is 0 Å². The van der Waals surface area contributed by atoms with E-state index in [0.29, 0.717) is 0 Å². The first-order valence-corrected chi connectivity index (χ1v) is 9.41. The first kappa shape index (κ1) is 17.5. The molecule has 3 aromatic rings. The topological polar surface area (TPSA) is 65.1 Å². The van der Waals surface area contributed by atoms with Crippen molar-refractivity contribution in [2.45, 2.75) is 33.2 Å². The quantitative estimate of drug-likeness (QED) is 0.360. The fourth-order valence-electron chi connectivity index (χ4n) is 2.95. The number of hydrogen-bond acceptors (Lipinski definition) is 3. The van der Waals surface area contributed by atoms with Gasteiger partial charge in [-0.1, -0.05) is 18.2 Å². The zero-order valence-corrected chi connectivity index (χ0v) is 15.8. The van der Waals surface area contributed by atoms with E-state index in [1.165, 1.54) is 21.3 Å². The van der Waals surface area contributed by atoms with Gasteiger partial charge < -0.3 is 15.6 Å². The van der Waals surface area contributed by atoms with Gasteiger partial charge >= 0.3 is 0 Å². The minimum absolute atomic E-state index is 0.763. The number of aromatic amines is 1. The molecule has 5 nitrogen and oxygen atoms in total. The van der Waals surface area contributed by atoms with Crippen LogP contribution in [0.5, 0.6) is 0 Å². The molecule has 0 radical (unpaired) electrons. The number of nitrogens with zero attached hydrogens (tertiary/aromatic N) is 2. The van der Waals surface area contributed by atoms with Crippen LogP contribution in [-0.2, 0) is 13.0 Å². The highest BCUT2D eigenvalue weighted by Crippen LogP contribution is 2.19. The van der Waals surface area contributed by atoms with Gasteiger partial charge in [-0.05, 0) is 38.3 Å². The summed E-state index contributed by atoms with van der Waals surface area (Å²) in [7, 11) is 1.81. The highest BCUT2D eigenvalue weighted by molar-refractivity contribution is 7.11. The molecule has 25 heavy (non-hydrogen) atoms. The molecular formula is C19H25N5S. The molecule has 2 heterocycles. The lowest BCUT2D eigenvalue weighted by molar-refractivity contribution is 0.745. The Morgan fingerprint density at radius 1 is 1.24 bits per heavy atom. The molecule has 0 spiro atoms. The summed E-state index contributed by atoms with van der Waals surface area (Å²) in [5.41, 5.74) is 3.68. The van der Waals surface area contributed by atoms with Crippen LogP contribution >= 0.6 is 11.3 Å². The molecule has 0 saturated carbocycles. The summed E-state index contributed by atoms with van der Waals surface area (Å²) in [5, 5.41) is 9.18. The van der Waals surface area contributed by atoms with Gasteiger partial charge in [0, 0.05) is 35.6 Å². The smallest absolute Gasteiger partial charge is 0.191 e. The van der Waals surface area contributed by atoms with Crippen molar-refractivity contribution in [3.63, 3.8) is 0 Å². The van der Waals surface area contributed by atoms with Crippen LogP contribution in [0.1, 0.15) is 27.6 Å². The van der Waals surface area contributed by atoms with Crippen molar-refractivity contribution >= 4 is 28.2 Å². The average Bonchev–Trinajstić information content (AvgIpc) is 3.17. The van der Waals surface area contributed by atoms with E-state index in [1.807, 2.05) is 6.92 Å². The summed E-state index contributed by atoms with van der Waals surface area (Å²) >= 11 is 1.73. The van der Waals surface area contributed by atoms with Gasteiger partial charge in [0.1, 0.15) is 0 Å². The van der Waals surface area contributed by atoms with Crippen molar-refractivity contribution in [3.05, 3.63) is 51.6 Å². The molecule has 1 aromatic carbocycles. The standard InChI is InChI=1S/C19H25N5S/c1-13-18(25-14(2)24-13)12-23-19(20-3)21-10-6-7-15-11-22-17-9-5-4-8-16(15)17/h4-5,8-9,11,22H,6-7,10,12H2,1-3H3,(H2,20,21,23). The van der Waals surface area contributed by atoms with Crippen LogP contribution in [0.15, 0.2) is 35.5 Å². The monoisotopic (exact) mass is 355 g/mol. The number of aliphatic imine (C=N–C) groups is 1. The zero-order valence-electron chi connectivity index (χ0n) is 15.0.